The van der Waals surface area contributed by atoms with Gasteiger partial charge in [-0.3, -0.25) is 5.32 Å². The van der Waals surface area contributed by atoms with Crippen molar-refractivity contribution in [2.75, 3.05) is 10.6 Å². The molecule has 0 fully saturated rings. The Bertz CT molecular complexity index is 661. The van der Waals surface area contributed by atoms with Crippen LogP contribution in [0.2, 0.25) is 0 Å². The molecule has 0 saturated heterocycles. The Balaban J connectivity index is 2.10. The molecule has 2 heterocycles. The summed E-state index contributed by atoms with van der Waals surface area (Å²) >= 11 is 1.49. The monoisotopic (exact) mass is 322 g/mol. The molecule has 0 aliphatic carbocycles. The number of hydrogen-bond donors (Lipinski definition) is 2. The number of amides is 2. The Morgan fingerprint density at radius 1 is 1.32 bits per heavy atom. The van der Waals surface area contributed by atoms with Crippen LogP contribution >= 0.6 is 11.3 Å². The van der Waals surface area contributed by atoms with Crippen molar-refractivity contribution < 1.29 is 9.32 Å². The number of urea groups is 1. The highest BCUT2D eigenvalue weighted by molar-refractivity contribution is 7.16. The molecular formula is C15H22N4O2S. The van der Waals surface area contributed by atoms with Gasteiger partial charge in [-0.2, -0.15) is 0 Å². The zero-order valence-corrected chi connectivity index (χ0v) is 14.4. The highest BCUT2D eigenvalue weighted by Crippen LogP contribution is 2.27. The second kappa shape index (κ2) is 6.91. The number of rotatable bonds is 5. The van der Waals surface area contributed by atoms with Crippen LogP contribution in [0.3, 0.4) is 0 Å². The second-order valence-corrected chi connectivity index (χ2v) is 6.81. The summed E-state index contributed by atoms with van der Waals surface area (Å²) in [5.41, 5.74) is 2.26. The van der Waals surface area contributed by atoms with Crippen LogP contribution in [-0.4, -0.2) is 16.2 Å². The van der Waals surface area contributed by atoms with E-state index in [1.54, 1.807) is 6.92 Å². The number of anilines is 2. The van der Waals surface area contributed by atoms with E-state index < -0.39 is 0 Å². The van der Waals surface area contributed by atoms with E-state index in [2.05, 4.69) is 34.6 Å². The average molecular weight is 322 g/mol. The Morgan fingerprint density at radius 3 is 2.68 bits per heavy atom. The first-order valence-corrected chi connectivity index (χ1v) is 8.21. The maximum Gasteiger partial charge on any atom is 0.324 e. The number of carbonyl (C=O) groups excluding carboxylic acids is 1. The van der Waals surface area contributed by atoms with Crippen molar-refractivity contribution in [1.29, 1.82) is 0 Å². The van der Waals surface area contributed by atoms with E-state index in [4.69, 9.17) is 4.52 Å². The van der Waals surface area contributed by atoms with Crippen molar-refractivity contribution in [2.45, 2.75) is 47.5 Å². The molecule has 0 radical (unpaired) electrons. The minimum absolute atomic E-state index is 0.297. The first-order chi connectivity index (χ1) is 10.4. The third-order valence-electron chi connectivity index (χ3n) is 3.13. The summed E-state index contributed by atoms with van der Waals surface area (Å²) in [6, 6.07) is -0.297. The van der Waals surface area contributed by atoms with Crippen molar-refractivity contribution in [2.24, 2.45) is 5.92 Å². The maximum atomic E-state index is 12.2. The molecule has 0 unspecified atom stereocenters. The molecule has 2 rings (SSSR count). The van der Waals surface area contributed by atoms with Gasteiger partial charge in [0, 0.05) is 6.42 Å². The summed E-state index contributed by atoms with van der Waals surface area (Å²) in [5, 5.41) is 11.3. The molecule has 0 atom stereocenters. The van der Waals surface area contributed by atoms with Crippen molar-refractivity contribution >= 4 is 28.1 Å². The molecule has 2 N–H and O–H groups in total. The van der Waals surface area contributed by atoms with Gasteiger partial charge in [-0.05, 0) is 26.2 Å². The average Bonchev–Trinajstić information content (AvgIpc) is 2.93. The van der Waals surface area contributed by atoms with Crippen LogP contribution in [0.1, 0.15) is 42.9 Å². The molecule has 0 aliphatic rings. The van der Waals surface area contributed by atoms with E-state index in [1.807, 2.05) is 13.8 Å². The topological polar surface area (TPSA) is 80.0 Å². The minimum atomic E-state index is -0.297. The molecule has 0 spiro atoms. The second-order valence-electron chi connectivity index (χ2n) is 5.61. The van der Waals surface area contributed by atoms with Gasteiger partial charge in [-0.1, -0.05) is 25.9 Å². The van der Waals surface area contributed by atoms with Gasteiger partial charge in [-0.15, -0.1) is 11.3 Å². The zero-order valence-electron chi connectivity index (χ0n) is 13.6. The van der Waals surface area contributed by atoms with Crippen molar-refractivity contribution in [3.8, 4) is 0 Å². The van der Waals surface area contributed by atoms with Crippen LogP contribution in [0.25, 0.3) is 0 Å². The fraction of sp³-hybridized carbons (Fsp3) is 0.533. The summed E-state index contributed by atoms with van der Waals surface area (Å²) in [5.74, 6) is 1.16. The molecule has 0 aromatic carbocycles. The van der Waals surface area contributed by atoms with Crippen LogP contribution in [0.5, 0.6) is 0 Å². The number of nitrogens with one attached hydrogen (secondary N) is 2. The molecule has 22 heavy (non-hydrogen) atoms. The number of nitrogens with zero attached hydrogens (tertiary/aromatic N) is 2. The highest BCUT2D eigenvalue weighted by atomic mass is 32.1. The van der Waals surface area contributed by atoms with Gasteiger partial charge in [0.1, 0.15) is 16.4 Å². The molecule has 6 nitrogen and oxygen atoms in total. The lowest BCUT2D eigenvalue weighted by atomic mass is 10.1. The smallest absolute Gasteiger partial charge is 0.324 e. The number of hydrogen-bond acceptors (Lipinski definition) is 5. The zero-order chi connectivity index (χ0) is 16.3. The lowest BCUT2D eigenvalue weighted by molar-refractivity contribution is 0.262. The standard InChI is InChI=1S/C15H22N4O2S/c1-6-12-13(9(4)19-21-12)17-15(20)18-14-11(7-8(2)3)16-10(5)22-14/h8H,6-7H2,1-5H3,(H2,17,18,20). The molecule has 2 aromatic rings. The van der Waals surface area contributed by atoms with E-state index in [0.29, 0.717) is 29.5 Å². The molecule has 0 aliphatic heterocycles. The quantitative estimate of drug-likeness (QED) is 0.866. The van der Waals surface area contributed by atoms with Gasteiger partial charge in [-0.25, -0.2) is 9.78 Å². The summed E-state index contributed by atoms with van der Waals surface area (Å²) in [4.78, 5) is 16.7. The van der Waals surface area contributed by atoms with Gasteiger partial charge in [0.2, 0.25) is 0 Å². The lowest BCUT2D eigenvalue weighted by Gasteiger charge is -2.08. The van der Waals surface area contributed by atoms with Crippen LogP contribution < -0.4 is 10.6 Å². The SMILES string of the molecule is CCc1onc(C)c1NC(=O)Nc1sc(C)nc1CC(C)C. The van der Waals surface area contributed by atoms with Crippen molar-refractivity contribution in [3.63, 3.8) is 0 Å². The van der Waals surface area contributed by atoms with Gasteiger partial charge >= 0.3 is 6.03 Å². The largest absolute Gasteiger partial charge is 0.359 e. The molecule has 0 bridgehead atoms. The Morgan fingerprint density at radius 2 is 2.05 bits per heavy atom. The Labute approximate surface area is 134 Å². The predicted molar refractivity (Wildman–Crippen MR) is 88.7 cm³/mol. The molecular weight excluding hydrogens is 300 g/mol. The Hall–Kier alpha value is -1.89. The number of carbonyl (C=O) groups is 1. The van der Waals surface area contributed by atoms with E-state index in [-0.39, 0.29) is 6.03 Å². The van der Waals surface area contributed by atoms with Crippen LogP contribution in [0.4, 0.5) is 15.5 Å². The van der Waals surface area contributed by atoms with Crippen LogP contribution in [0.15, 0.2) is 4.52 Å². The first kappa shape index (κ1) is 16.5. The van der Waals surface area contributed by atoms with Gasteiger partial charge < -0.3 is 9.84 Å². The molecule has 2 aromatic heterocycles. The molecule has 0 saturated carbocycles. The van der Waals surface area contributed by atoms with E-state index >= 15 is 0 Å². The third-order valence-corrected chi connectivity index (χ3v) is 4.05. The summed E-state index contributed by atoms with van der Waals surface area (Å²) in [6.45, 7) is 9.96. The predicted octanol–water partition coefficient (Wildman–Crippen LogP) is 4.15. The van der Waals surface area contributed by atoms with E-state index in [1.165, 1.54) is 11.3 Å². The number of thiazole rings is 1. The number of aromatic nitrogens is 2. The first-order valence-electron chi connectivity index (χ1n) is 7.40. The highest BCUT2D eigenvalue weighted by Gasteiger charge is 2.17. The van der Waals surface area contributed by atoms with Gasteiger partial charge in [0.05, 0.1) is 10.7 Å². The molecule has 120 valence electrons. The maximum absolute atomic E-state index is 12.2. The summed E-state index contributed by atoms with van der Waals surface area (Å²) < 4.78 is 5.17. The van der Waals surface area contributed by atoms with Gasteiger partial charge in [0.25, 0.3) is 0 Å². The number of aryl methyl sites for hydroxylation is 3. The van der Waals surface area contributed by atoms with Crippen LogP contribution in [0, 0.1) is 19.8 Å². The van der Waals surface area contributed by atoms with Crippen LogP contribution in [-0.2, 0) is 12.8 Å². The van der Waals surface area contributed by atoms with Crippen molar-refractivity contribution in [1.82, 2.24) is 10.1 Å². The summed E-state index contributed by atoms with van der Waals surface area (Å²) in [6.07, 6.45) is 1.52. The fourth-order valence-corrected chi connectivity index (χ4v) is 3.00. The van der Waals surface area contributed by atoms with Gasteiger partial charge in [0.15, 0.2) is 5.76 Å². The third kappa shape index (κ3) is 3.85. The normalized spacial score (nSPS) is 11.0. The molecule has 2 amide bonds. The minimum Gasteiger partial charge on any atom is -0.359 e. The molecule has 7 heteroatoms. The summed E-state index contributed by atoms with van der Waals surface area (Å²) in [7, 11) is 0. The fourth-order valence-electron chi connectivity index (χ4n) is 2.16. The Kier molecular flexibility index (Phi) is 5.18. The van der Waals surface area contributed by atoms with Crippen molar-refractivity contribution in [3.05, 3.63) is 22.2 Å². The lowest BCUT2D eigenvalue weighted by Crippen LogP contribution is -2.20. The van der Waals surface area contributed by atoms with E-state index in [0.717, 1.165) is 22.1 Å². The van der Waals surface area contributed by atoms with E-state index in [9.17, 15) is 4.79 Å².